The minimum Gasteiger partial charge on any atom is -0.370 e. The number of hydrogen-bond donors (Lipinski definition) is 2. The summed E-state index contributed by atoms with van der Waals surface area (Å²) in [6.45, 7) is 0.613. The summed E-state index contributed by atoms with van der Waals surface area (Å²) >= 11 is 0. The van der Waals surface area contributed by atoms with Crippen molar-refractivity contribution in [3.63, 3.8) is 0 Å². The molecule has 0 aliphatic heterocycles. The largest absolute Gasteiger partial charge is 0.370 e. The van der Waals surface area contributed by atoms with E-state index < -0.39 is 0 Å². The highest BCUT2D eigenvalue weighted by Gasteiger charge is 2.32. The van der Waals surface area contributed by atoms with Crippen LogP contribution in [0.5, 0.6) is 0 Å². The van der Waals surface area contributed by atoms with Crippen molar-refractivity contribution in [2.45, 2.75) is 51.0 Å². The van der Waals surface area contributed by atoms with E-state index in [4.69, 9.17) is 5.73 Å². The molecular weight excluding hydrogens is 357 g/mol. The molecule has 142 valence electrons. The maximum atomic E-state index is 12.7. The van der Waals surface area contributed by atoms with Crippen LogP contribution in [0.25, 0.3) is 0 Å². The Morgan fingerprint density at radius 1 is 1.12 bits per heavy atom. The van der Waals surface area contributed by atoms with E-state index in [0.29, 0.717) is 18.5 Å². The topological polar surface area (TPSA) is 58.4 Å². The molecule has 2 aliphatic carbocycles. The summed E-state index contributed by atoms with van der Waals surface area (Å²) in [5, 5.41) is 3.18. The Labute approximate surface area is 163 Å². The van der Waals surface area contributed by atoms with Gasteiger partial charge in [-0.25, -0.2) is 0 Å². The molecule has 3 N–H and O–H groups in total. The van der Waals surface area contributed by atoms with E-state index in [-0.39, 0.29) is 36.6 Å². The van der Waals surface area contributed by atoms with Crippen molar-refractivity contribution in [1.29, 1.82) is 0 Å². The second-order valence-electron chi connectivity index (χ2n) is 7.09. The van der Waals surface area contributed by atoms with Crippen LogP contribution in [0.15, 0.2) is 24.3 Å². The molecule has 0 saturated heterocycles. The molecule has 3 rings (SSSR count). The van der Waals surface area contributed by atoms with Gasteiger partial charge in [0.1, 0.15) is 0 Å². The molecule has 2 atom stereocenters. The van der Waals surface area contributed by atoms with Crippen molar-refractivity contribution in [2.75, 3.05) is 23.8 Å². The van der Waals surface area contributed by atoms with Gasteiger partial charge in [-0.15, -0.1) is 24.8 Å². The Hall–Kier alpha value is -0.970. The third kappa shape index (κ3) is 5.02. The van der Waals surface area contributed by atoms with Crippen LogP contribution in [0.1, 0.15) is 44.9 Å². The highest BCUT2D eigenvalue weighted by molar-refractivity contribution is 5.96. The summed E-state index contributed by atoms with van der Waals surface area (Å²) in [6.07, 6.45) is 8.27. The third-order valence-corrected chi connectivity index (χ3v) is 5.71. The highest BCUT2D eigenvalue weighted by Crippen LogP contribution is 2.35. The van der Waals surface area contributed by atoms with Gasteiger partial charge in [-0.05, 0) is 50.3 Å². The summed E-state index contributed by atoms with van der Waals surface area (Å²) in [7, 11) is 2.15. The maximum absolute atomic E-state index is 12.7. The molecule has 0 unspecified atom stereocenters. The number of nitrogens with one attached hydrogen (secondary N) is 1. The van der Waals surface area contributed by atoms with E-state index >= 15 is 0 Å². The third-order valence-electron chi connectivity index (χ3n) is 5.71. The molecular formula is C19H31Cl2N3O. The van der Waals surface area contributed by atoms with Crippen LogP contribution in [-0.4, -0.2) is 25.5 Å². The van der Waals surface area contributed by atoms with Crippen LogP contribution in [0.3, 0.4) is 0 Å². The van der Waals surface area contributed by atoms with E-state index in [9.17, 15) is 4.79 Å². The van der Waals surface area contributed by atoms with Gasteiger partial charge in [0.2, 0.25) is 5.91 Å². The quantitative estimate of drug-likeness (QED) is 0.794. The number of carbonyl (C=O) groups is 1. The van der Waals surface area contributed by atoms with E-state index in [2.05, 4.69) is 29.4 Å². The molecule has 25 heavy (non-hydrogen) atoms. The summed E-state index contributed by atoms with van der Waals surface area (Å²) in [5.74, 6) is 0.560. The van der Waals surface area contributed by atoms with Crippen LogP contribution in [0, 0.1) is 11.8 Å². The Morgan fingerprint density at radius 2 is 1.80 bits per heavy atom. The van der Waals surface area contributed by atoms with Crippen LogP contribution < -0.4 is 16.0 Å². The van der Waals surface area contributed by atoms with Crippen LogP contribution >= 0.6 is 24.8 Å². The van der Waals surface area contributed by atoms with Crippen LogP contribution in [-0.2, 0) is 4.79 Å². The van der Waals surface area contributed by atoms with Crippen LogP contribution in [0.2, 0.25) is 0 Å². The van der Waals surface area contributed by atoms with Crippen LogP contribution in [0.4, 0.5) is 11.4 Å². The summed E-state index contributed by atoms with van der Waals surface area (Å²) < 4.78 is 0. The predicted octanol–water partition coefficient (Wildman–Crippen LogP) is 4.22. The van der Waals surface area contributed by atoms with E-state index in [1.165, 1.54) is 25.7 Å². The molecule has 4 nitrogen and oxygen atoms in total. The van der Waals surface area contributed by atoms with E-state index in [1.54, 1.807) is 0 Å². The van der Waals surface area contributed by atoms with Gasteiger partial charge >= 0.3 is 0 Å². The molecule has 2 saturated carbocycles. The van der Waals surface area contributed by atoms with Gasteiger partial charge in [-0.1, -0.05) is 31.4 Å². The zero-order valence-corrected chi connectivity index (χ0v) is 16.6. The zero-order chi connectivity index (χ0) is 16.2. The number of amides is 1. The molecule has 0 aromatic heterocycles. The Balaban J connectivity index is 0.00000156. The Morgan fingerprint density at radius 3 is 2.48 bits per heavy atom. The molecule has 0 spiro atoms. The lowest BCUT2D eigenvalue weighted by Crippen LogP contribution is -2.32. The second-order valence-corrected chi connectivity index (χ2v) is 7.09. The first-order chi connectivity index (χ1) is 11.2. The van der Waals surface area contributed by atoms with Crippen molar-refractivity contribution in [3.8, 4) is 0 Å². The lowest BCUT2D eigenvalue weighted by atomic mass is 9.95. The number of para-hydroxylation sites is 2. The number of carbonyl (C=O) groups excluding carboxylic acids is 1. The van der Waals surface area contributed by atoms with Crippen molar-refractivity contribution < 1.29 is 4.79 Å². The van der Waals surface area contributed by atoms with E-state index in [1.807, 2.05) is 12.1 Å². The van der Waals surface area contributed by atoms with Gasteiger partial charge < -0.3 is 16.0 Å². The molecule has 1 aromatic rings. The fourth-order valence-electron chi connectivity index (χ4n) is 4.26. The van der Waals surface area contributed by atoms with Crippen molar-refractivity contribution >= 4 is 42.1 Å². The van der Waals surface area contributed by atoms with Gasteiger partial charge in [0, 0.05) is 19.0 Å². The molecule has 2 aliphatic rings. The van der Waals surface area contributed by atoms with Gasteiger partial charge in [-0.2, -0.15) is 0 Å². The van der Waals surface area contributed by atoms with Gasteiger partial charge in [0.25, 0.3) is 0 Å². The Kier molecular flexibility index (Phi) is 9.04. The average Bonchev–Trinajstić information content (AvgIpc) is 3.26. The van der Waals surface area contributed by atoms with Gasteiger partial charge in [0.15, 0.2) is 0 Å². The van der Waals surface area contributed by atoms with E-state index in [0.717, 1.165) is 30.6 Å². The first-order valence-electron chi connectivity index (χ1n) is 9.03. The normalized spacial score (nSPS) is 22.8. The first-order valence-corrected chi connectivity index (χ1v) is 9.03. The summed E-state index contributed by atoms with van der Waals surface area (Å²) in [4.78, 5) is 15.0. The highest BCUT2D eigenvalue weighted by atomic mass is 35.5. The van der Waals surface area contributed by atoms with Crippen molar-refractivity contribution in [3.05, 3.63) is 24.3 Å². The number of anilines is 2. The fourth-order valence-corrected chi connectivity index (χ4v) is 4.26. The molecule has 2 fully saturated rings. The average molecular weight is 388 g/mol. The molecule has 1 aromatic carbocycles. The number of nitrogens with zero attached hydrogens (tertiary/aromatic N) is 1. The SMILES string of the molecule is CN(c1ccccc1NC(=O)[C@@H]1CCC[C@@H]1CN)C1CCCC1.Cl.Cl. The van der Waals surface area contributed by atoms with Gasteiger partial charge in [0.05, 0.1) is 11.4 Å². The second kappa shape index (κ2) is 10.2. The summed E-state index contributed by atoms with van der Waals surface area (Å²) in [5.41, 5.74) is 7.90. The standard InChI is InChI=1S/C19H29N3O.2ClH/c1-22(15-8-2-3-9-15)18-12-5-4-11-17(18)21-19(23)16-10-6-7-14(16)13-20;;/h4-5,11-12,14-16H,2-3,6-10,13,20H2,1H3,(H,21,23);2*1H/t14-,16-;;/m1../s1. The predicted molar refractivity (Wildman–Crippen MR) is 110 cm³/mol. The number of halogens is 2. The lowest BCUT2D eigenvalue weighted by Gasteiger charge is -2.29. The fraction of sp³-hybridized carbons (Fsp3) is 0.632. The molecule has 1 amide bonds. The first kappa shape index (κ1) is 22.1. The molecule has 0 bridgehead atoms. The monoisotopic (exact) mass is 387 g/mol. The Bertz CT molecular complexity index is 549. The van der Waals surface area contributed by atoms with Gasteiger partial charge in [-0.3, -0.25) is 4.79 Å². The minimum absolute atomic E-state index is 0. The smallest absolute Gasteiger partial charge is 0.227 e. The number of hydrogen-bond acceptors (Lipinski definition) is 3. The summed E-state index contributed by atoms with van der Waals surface area (Å²) in [6, 6.07) is 8.77. The number of benzene rings is 1. The van der Waals surface area contributed by atoms with Crippen molar-refractivity contribution in [2.24, 2.45) is 17.6 Å². The maximum Gasteiger partial charge on any atom is 0.227 e. The number of rotatable bonds is 5. The lowest BCUT2D eigenvalue weighted by molar-refractivity contribution is -0.120. The van der Waals surface area contributed by atoms with Crippen molar-refractivity contribution in [1.82, 2.24) is 0 Å². The molecule has 0 radical (unpaired) electrons. The minimum atomic E-state index is 0. The zero-order valence-electron chi connectivity index (χ0n) is 14.9. The molecule has 6 heteroatoms. The molecule has 0 heterocycles. The number of nitrogens with two attached hydrogens (primary N) is 1.